The quantitative estimate of drug-likeness (QED) is 0.677. The third-order valence-corrected chi connectivity index (χ3v) is 5.42. The Labute approximate surface area is 124 Å². The van der Waals surface area contributed by atoms with Crippen molar-refractivity contribution in [3.63, 3.8) is 0 Å². The topological polar surface area (TPSA) is 28.7 Å². The third kappa shape index (κ3) is 1.85. The number of aryl methyl sites for hydroxylation is 3. The number of nitrogens with one attached hydrogen (secondary N) is 1. The molecule has 0 unspecified atom stereocenters. The van der Waals surface area contributed by atoms with Crippen LogP contribution in [0, 0.1) is 6.92 Å². The highest BCUT2D eigenvalue weighted by Gasteiger charge is 2.17. The molecule has 96 valence electrons. The number of imidazole rings is 1. The average molecular weight is 333 g/mol. The van der Waals surface area contributed by atoms with E-state index in [0.717, 1.165) is 21.3 Å². The number of nitrogens with zero attached hydrogens (tertiary/aromatic N) is 1. The summed E-state index contributed by atoms with van der Waals surface area (Å²) in [5.74, 6) is 1.01. The van der Waals surface area contributed by atoms with Gasteiger partial charge in [-0.15, -0.1) is 11.3 Å². The highest BCUT2D eigenvalue weighted by molar-refractivity contribution is 9.10. The van der Waals surface area contributed by atoms with Gasteiger partial charge in [-0.25, -0.2) is 4.98 Å². The number of hydrogen-bond donors (Lipinski definition) is 1. The van der Waals surface area contributed by atoms with Crippen molar-refractivity contribution in [2.24, 2.45) is 0 Å². The lowest BCUT2D eigenvalue weighted by Gasteiger charge is -1.94. The number of thiophene rings is 1. The van der Waals surface area contributed by atoms with Gasteiger partial charge >= 0.3 is 0 Å². The number of aromatic nitrogens is 2. The first-order chi connectivity index (χ1) is 9.20. The van der Waals surface area contributed by atoms with Crippen molar-refractivity contribution < 1.29 is 0 Å². The van der Waals surface area contributed by atoms with Crippen LogP contribution in [0.3, 0.4) is 0 Å². The highest BCUT2D eigenvalue weighted by atomic mass is 79.9. The Morgan fingerprint density at radius 3 is 3.00 bits per heavy atom. The first-order valence-electron chi connectivity index (χ1n) is 6.48. The lowest BCUT2D eigenvalue weighted by molar-refractivity contribution is 0.915. The molecule has 0 saturated carbocycles. The largest absolute Gasteiger partial charge is 0.337 e. The minimum atomic E-state index is 1.01. The lowest BCUT2D eigenvalue weighted by Crippen LogP contribution is -1.77. The van der Waals surface area contributed by atoms with Gasteiger partial charge in [0.25, 0.3) is 0 Å². The van der Waals surface area contributed by atoms with Gasteiger partial charge in [0.15, 0.2) is 0 Å². The van der Waals surface area contributed by atoms with Gasteiger partial charge in [0.2, 0.25) is 0 Å². The first-order valence-corrected chi connectivity index (χ1v) is 8.09. The minimum Gasteiger partial charge on any atom is -0.337 e. The number of hydrogen-bond acceptors (Lipinski definition) is 2. The molecular weight excluding hydrogens is 320 g/mol. The molecule has 3 aromatic rings. The number of halogens is 1. The fourth-order valence-corrected chi connectivity index (χ4v) is 4.58. The predicted molar refractivity (Wildman–Crippen MR) is 83.9 cm³/mol. The van der Waals surface area contributed by atoms with Crippen LogP contribution in [0.25, 0.3) is 21.7 Å². The van der Waals surface area contributed by atoms with Crippen molar-refractivity contribution >= 4 is 38.3 Å². The smallest absolute Gasteiger partial charge is 0.148 e. The van der Waals surface area contributed by atoms with E-state index >= 15 is 0 Å². The number of benzene rings is 1. The summed E-state index contributed by atoms with van der Waals surface area (Å²) in [7, 11) is 0. The van der Waals surface area contributed by atoms with Crippen LogP contribution in [-0.2, 0) is 12.8 Å². The van der Waals surface area contributed by atoms with Gasteiger partial charge in [-0.05, 0) is 55.5 Å². The zero-order chi connectivity index (χ0) is 13.0. The van der Waals surface area contributed by atoms with Gasteiger partial charge in [-0.2, -0.15) is 0 Å². The van der Waals surface area contributed by atoms with Gasteiger partial charge in [-0.1, -0.05) is 15.9 Å². The minimum absolute atomic E-state index is 1.01. The van der Waals surface area contributed by atoms with Crippen LogP contribution in [0.5, 0.6) is 0 Å². The van der Waals surface area contributed by atoms with Crippen molar-refractivity contribution in [2.45, 2.75) is 26.2 Å². The summed E-state index contributed by atoms with van der Waals surface area (Å²) >= 11 is 5.43. The molecule has 0 amide bonds. The number of aromatic amines is 1. The van der Waals surface area contributed by atoms with Crippen molar-refractivity contribution in [3.8, 4) is 10.7 Å². The van der Waals surface area contributed by atoms with Crippen molar-refractivity contribution in [2.75, 3.05) is 0 Å². The summed E-state index contributed by atoms with van der Waals surface area (Å²) in [6, 6.07) is 6.52. The summed E-state index contributed by atoms with van der Waals surface area (Å²) in [6.07, 6.45) is 3.79. The zero-order valence-electron chi connectivity index (χ0n) is 10.6. The molecule has 1 aliphatic rings. The van der Waals surface area contributed by atoms with E-state index in [1.807, 2.05) is 11.3 Å². The Balaban J connectivity index is 1.88. The lowest BCUT2D eigenvalue weighted by atomic mass is 10.2. The maximum absolute atomic E-state index is 4.77. The van der Waals surface area contributed by atoms with Crippen LogP contribution in [-0.4, -0.2) is 9.97 Å². The van der Waals surface area contributed by atoms with Crippen LogP contribution < -0.4 is 0 Å². The van der Waals surface area contributed by atoms with Crippen LogP contribution in [0.2, 0.25) is 0 Å². The van der Waals surface area contributed by atoms with Crippen LogP contribution in [0.15, 0.2) is 22.7 Å². The van der Waals surface area contributed by atoms with Crippen LogP contribution >= 0.6 is 27.3 Å². The summed E-state index contributed by atoms with van der Waals surface area (Å²) in [5.41, 5.74) is 4.91. The number of rotatable bonds is 1. The predicted octanol–water partition coefficient (Wildman–Crippen LogP) is 4.85. The summed E-state index contributed by atoms with van der Waals surface area (Å²) in [4.78, 5) is 11.0. The van der Waals surface area contributed by atoms with Gasteiger partial charge in [0.1, 0.15) is 5.82 Å². The van der Waals surface area contributed by atoms with E-state index in [0.29, 0.717) is 0 Å². The van der Waals surface area contributed by atoms with E-state index < -0.39 is 0 Å². The maximum atomic E-state index is 4.77. The molecule has 4 heteroatoms. The SMILES string of the molecule is Cc1cc(Br)cc2[nH]c(-c3cc4c(s3)CCC4)nc12. The fourth-order valence-electron chi connectivity index (χ4n) is 2.81. The maximum Gasteiger partial charge on any atom is 0.148 e. The van der Waals surface area contributed by atoms with E-state index in [-0.39, 0.29) is 0 Å². The van der Waals surface area contributed by atoms with Crippen molar-refractivity contribution in [3.05, 3.63) is 38.7 Å². The molecule has 1 N–H and O–H groups in total. The van der Waals surface area contributed by atoms with E-state index in [2.05, 4.69) is 46.0 Å². The van der Waals surface area contributed by atoms with E-state index in [9.17, 15) is 0 Å². The Hall–Kier alpha value is -1.13. The molecule has 2 nitrogen and oxygen atoms in total. The number of H-pyrrole nitrogens is 1. The molecule has 0 fully saturated rings. The third-order valence-electron chi connectivity index (χ3n) is 3.72. The molecule has 1 aliphatic carbocycles. The van der Waals surface area contributed by atoms with E-state index in [1.165, 1.54) is 35.3 Å². The van der Waals surface area contributed by atoms with Gasteiger partial charge in [0, 0.05) is 9.35 Å². The second-order valence-corrected chi connectivity index (χ2v) is 7.17. The molecule has 0 spiro atoms. The molecule has 2 aromatic heterocycles. The first kappa shape index (κ1) is 11.7. The Morgan fingerprint density at radius 1 is 1.26 bits per heavy atom. The molecule has 0 radical (unpaired) electrons. The molecule has 0 saturated heterocycles. The molecule has 2 heterocycles. The van der Waals surface area contributed by atoms with Gasteiger partial charge in [0.05, 0.1) is 15.9 Å². The summed E-state index contributed by atoms with van der Waals surface area (Å²) < 4.78 is 1.10. The van der Waals surface area contributed by atoms with Crippen molar-refractivity contribution in [1.29, 1.82) is 0 Å². The van der Waals surface area contributed by atoms with Gasteiger partial charge < -0.3 is 4.98 Å². The van der Waals surface area contributed by atoms with Crippen LogP contribution in [0.1, 0.15) is 22.4 Å². The van der Waals surface area contributed by atoms with E-state index in [4.69, 9.17) is 4.98 Å². The number of fused-ring (bicyclic) bond motifs is 2. The second kappa shape index (κ2) is 4.18. The monoisotopic (exact) mass is 332 g/mol. The second-order valence-electron chi connectivity index (χ2n) is 5.12. The average Bonchev–Trinajstić information content (AvgIpc) is 2.98. The fraction of sp³-hybridized carbons (Fsp3) is 0.267. The molecule has 0 atom stereocenters. The standard InChI is InChI=1S/C15H13BrN2S/c1-8-5-10(16)7-11-14(8)18-15(17-11)13-6-9-3-2-4-12(9)19-13/h5-7H,2-4H2,1H3,(H,17,18). The molecule has 19 heavy (non-hydrogen) atoms. The Bertz CT molecular complexity index is 763. The summed E-state index contributed by atoms with van der Waals surface area (Å²) in [6.45, 7) is 2.10. The summed E-state index contributed by atoms with van der Waals surface area (Å²) in [5, 5.41) is 0. The zero-order valence-corrected chi connectivity index (χ0v) is 13.0. The highest BCUT2D eigenvalue weighted by Crippen LogP contribution is 2.36. The van der Waals surface area contributed by atoms with Crippen LogP contribution in [0.4, 0.5) is 0 Å². The molecule has 0 aliphatic heterocycles. The Kier molecular flexibility index (Phi) is 2.57. The molecule has 4 rings (SSSR count). The molecule has 1 aromatic carbocycles. The van der Waals surface area contributed by atoms with E-state index in [1.54, 1.807) is 4.88 Å². The Morgan fingerprint density at radius 2 is 2.16 bits per heavy atom. The van der Waals surface area contributed by atoms with Crippen molar-refractivity contribution in [1.82, 2.24) is 9.97 Å². The normalized spacial score (nSPS) is 14.2. The van der Waals surface area contributed by atoms with Gasteiger partial charge in [-0.3, -0.25) is 0 Å². The molecular formula is C15H13BrN2S. The molecule has 0 bridgehead atoms.